The lowest BCUT2D eigenvalue weighted by Crippen LogP contribution is -2.32. The molecule has 0 spiro atoms. The van der Waals surface area contributed by atoms with Crippen molar-refractivity contribution in [2.24, 2.45) is 5.73 Å². The van der Waals surface area contributed by atoms with Gasteiger partial charge in [0.2, 0.25) is 0 Å². The molecule has 0 radical (unpaired) electrons. The zero-order valence-electron chi connectivity index (χ0n) is 9.45. The summed E-state index contributed by atoms with van der Waals surface area (Å²) < 4.78 is 11.5. The Morgan fingerprint density at radius 1 is 1.50 bits per heavy atom. The second-order valence-electron chi connectivity index (χ2n) is 4.77. The molecule has 0 amide bonds. The maximum absolute atomic E-state index is 5.98. The summed E-state index contributed by atoms with van der Waals surface area (Å²) in [7, 11) is 0. The minimum atomic E-state index is 0.0859. The van der Waals surface area contributed by atoms with Crippen LogP contribution in [0.25, 0.3) is 10.3 Å². The molecule has 2 N–H and O–H groups in total. The van der Waals surface area contributed by atoms with Gasteiger partial charge in [-0.2, -0.15) is 4.37 Å². The van der Waals surface area contributed by atoms with Crippen molar-refractivity contribution in [3.63, 3.8) is 0 Å². The van der Waals surface area contributed by atoms with Crippen molar-refractivity contribution in [2.45, 2.75) is 38.0 Å². The number of furan rings is 1. The van der Waals surface area contributed by atoms with Gasteiger partial charge in [-0.1, -0.05) is 12.8 Å². The van der Waals surface area contributed by atoms with Gasteiger partial charge in [-0.25, -0.2) is 0 Å². The number of hydrogen-bond donors (Lipinski definition) is 1. The molecule has 0 unspecified atom stereocenters. The second kappa shape index (κ2) is 3.57. The van der Waals surface area contributed by atoms with E-state index >= 15 is 0 Å². The van der Waals surface area contributed by atoms with Crippen LogP contribution in [0.15, 0.2) is 10.5 Å². The molecule has 86 valence electrons. The summed E-state index contributed by atoms with van der Waals surface area (Å²) in [6.45, 7) is 2.67. The van der Waals surface area contributed by atoms with E-state index in [1.165, 1.54) is 24.4 Å². The molecule has 0 aliphatic heterocycles. The van der Waals surface area contributed by atoms with Gasteiger partial charge < -0.3 is 10.2 Å². The summed E-state index contributed by atoms with van der Waals surface area (Å²) >= 11 is 1.54. The molecular weight excluding hydrogens is 220 g/mol. The van der Waals surface area contributed by atoms with Crippen molar-refractivity contribution in [3.05, 3.63) is 17.5 Å². The number of fused-ring (bicyclic) bond motifs is 1. The van der Waals surface area contributed by atoms with Gasteiger partial charge in [0.25, 0.3) is 0 Å². The van der Waals surface area contributed by atoms with Crippen LogP contribution in [0.5, 0.6) is 0 Å². The van der Waals surface area contributed by atoms with E-state index in [2.05, 4.69) is 10.4 Å². The van der Waals surface area contributed by atoms with E-state index in [0.29, 0.717) is 6.54 Å². The Morgan fingerprint density at radius 3 is 2.94 bits per heavy atom. The third kappa shape index (κ3) is 1.33. The Morgan fingerprint density at radius 2 is 2.25 bits per heavy atom. The van der Waals surface area contributed by atoms with Gasteiger partial charge in [0.1, 0.15) is 11.5 Å². The Balaban J connectivity index is 2.16. The molecular formula is C12H16N2OS. The van der Waals surface area contributed by atoms with Crippen LogP contribution in [0.1, 0.15) is 37.1 Å². The van der Waals surface area contributed by atoms with Gasteiger partial charge in [-0.3, -0.25) is 0 Å². The molecule has 4 heteroatoms. The van der Waals surface area contributed by atoms with Crippen molar-refractivity contribution in [2.75, 3.05) is 6.54 Å². The van der Waals surface area contributed by atoms with Crippen molar-refractivity contribution in [1.29, 1.82) is 0 Å². The number of nitrogens with zero attached hydrogens (tertiary/aromatic N) is 1. The third-order valence-corrected chi connectivity index (χ3v) is 4.50. The Hall–Kier alpha value is -0.870. The molecule has 0 atom stereocenters. The smallest absolute Gasteiger partial charge is 0.168 e. The predicted molar refractivity (Wildman–Crippen MR) is 65.8 cm³/mol. The highest BCUT2D eigenvalue weighted by atomic mass is 32.1. The SMILES string of the molecule is Cc1cc2snc(C3(CN)CCCC3)c2o1. The van der Waals surface area contributed by atoms with Gasteiger partial charge in [0.05, 0.1) is 4.70 Å². The lowest BCUT2D eigenvalue weighted by molar-refractivity contribution is 0.436. The third-order valence-electron chi connectivity index (χ3n) is 3.73. The van der Waals surface area contributed by atoms with Crippen LogP contribution in [-0.4, -0.2) is 10.9 Å². The van der Waals surface area contributed by atoms with E-state index in [1.54, 1.807) is 0 Å². The maximum Gasteiger partial charge on any atom is 0.168 e. The average molecular weight is 236 g/mol. The summed E-state index contributed by atoms with van der Waals surface area (Å²) in [6.07, 6.45) is 4.83. The van der Waals surface area contributed by atoms with Crippen LogP contribution >= 0.6 is 11.5 Å². The Kier molecular flexibility index (Phi) is 2.30. The molecule has 2 aromatic rings. The van der Waals surface area contributed by atoms with Crippen LogP contribution in [0.3, 0.4) is 0 Å². The first-order valence-electron chi connectivity index (χ1n) is 5.81. The molecule has 1 aliphatic carbocycles. The molecule has 0 saturated heterocycles. The predicted octanol–water partition coefficient (Wildman–Crippen LogP) is 2.97. The van der Waals surface area contributed by atoms with Crippen molar-refractivity contribution in [3.8, 4) is 0 Å². The molecule has 3 nitrogen and oxygen atoms in total. The van der Waals surface area contributed by atoms with Crippen LogP contribution in [0.4, 0.5) is 0 Å². The largest absolute Gasteiger partial charge is 0.458 e. The van der Waals surface area contributed by atoms with E-state index in [9.17, 15) is 0 Å². The van der Waals surface area contributed by atoms with E-state index in [1.807, 2.05) is 6.92 Å². The quantitative estimate of drug-likeness (QED) is 0.872. The molecule has 16 heavy (non-hydrogen) atoms. The summed E-state index contributed by atoms with van der Waals surface area (Å²) in [4.78, 5) is 0. The maximum atomic E-state index is 5.98. The standard InChI is InChI=1S/C12H16N2OS/c1-8-6-9-10(15-8)11(14-16-9)12(7-13)4-2-3-5-12/h6H,2-5,7,13H2,1H3. The molecule has 2 heterocycles. The zero-order chi connectivity index (χ0) is 11.2. The topological polar surface area (TPSA) is 52.0 Å². The van der Waals surface area contributed by atoms with Crippen molar-refractivity contribution in [1.82, 2.24) is 4.37 Å². The highest BCUT2D eigenvalue weighted by Gasteiger charge is 2.38. The molecule has 2 aromatic heterocycles. The number of nitrogens with two attached hydrogens (primary N) is 1. The first-order valence-corrected chi connectivity index (χ1v) is 6.59. The molecule has 0 aromatic carbocycles. The van der Waals surface area contributed by atoms with Gasteiger partial charge >= 0.3 is 0 Å². The van der Waals surface area contributed by atoms with Crippen LogP contribution in [0.2, 0.25) is 0 Å². The zero-order valence-corrected chi connectivity index (χ0v) is 10.3. The molecule has 0 bridgehead atoms. The Bertz CT molecular complexity index is 508. The number of aryl methyl sites for hydroxylation is 1. The number of aromatic nitrogens is 1. The minimum absolute atomic E-state index is 0.0859. The number of rotatable bonds is 2. The minimum Gasteiger partial charge on any atom is -0.458 e. The van der Waals surface area contributed by atoms with Gasteiger partial charge in [0, 0.05) is 12.0 Å². The highest BCUT2D eigenvalue weighted by molar-refractivity contribution is 7.13. The fraction of sp³-hybridized carbons (Fsp3) is 0.583. The first kappa shape index (κ1) is 10.3. The molecule has 1 saturated carbocycles. The fourth-order valence-electron chi connectivity index (χ4n) is 2.79. The summed E-state index contributed by atoms with van der Waals surface area (Å²) in [5.74, 6) is 0.968. The first-order chi connectivity index (χ1) is 7.75. The number of hydrogen-bond acceptors (Lipinski definition) is 4. The highest BCUT2D eigenvalue weighted by Crippen LogP contribution is 2.43. The van der Waals surface area contributed by atoms with Gasteiger partial charge in [-0.15, -0.1) is 0 Å². The normalized spacial score (nSPS) is 19.6. The second-order valence-corrected chi connectivity index (χ2v) is 5.58. The molecule has 1 fully saturated rings. The van der Waals surface area contributed by atoms with Crippen LogP contribution in [-0.2, 0) is 5.41 Å². The van der Waals surface area contributed by atoms with Gasteiger partial charge in [-0.05, 0) is 37.4 Å². The van der Waals surface area contributed by atoms with Gasteiger partial charge in [0.15, 0.2) is 5.58 Å². The summed E-state index contributed by atoms with van der Waals surface area (Å²) in [6, 6.07) is 2.07. The average Bonchev–Trinajstić information content (AvgIpc) is 2.92. The van der Waals surface area contributed by atoms with Crippen molar-refractivity contribution >= 4 is 21.8 Å². The summed E-state index contributed by atoms with van der Waals surface area (Å²) in [5, 5.41) is 0. The summed E-state index contributed by atoms with van der Waals surface area (Å²) in [5.41, 5.74) is 8.16. The van der Waals surface area contributed by atoms with Crippen LogP contribution in [0, 0.1) is 6.92 Å². The molecule has 3 rings (SSSR count). The fourth-order valence-corrected chi connectivity index (χ4v) is 3.69. The van der Waals surface area contributed by atoms with Crippen LogP contribution < -0.4 is 5.73 Å². The lowest BCUT2D eigenvalue weighted by Gasteiger charge is -2.24. The Labute approximate surface area is 98.8 Å². The van der Waals surface area contributed by atoms with E-state index < -0.39 is 0 Å². The monoisotopic (exact) mass is 236 g/mol. The van der Waals surface area contributed by atoms with E-state index in [0.717, 1.165) is 34.6 Å². The van der Waals surface area contributed by atoms with Crippen molar-refractivity contribution < 1.29 is 4.42 Å². The van der Waals surface area contributed by atoms with E-state index in [4.69, 9.17) is 10.2 Å². The lowest BCUT2D eigenvalue weighted by atomic mass is 9.82. The van der Waals surface area contributed by atoms with E-state index in [-0.39, 0.29) is 5.41 Å². The molecule has 1 aliphatic rings.